The Hall–Kier alpha value is -3.00. The molecule has 0 amide bonds. The lowest BCUT2D eigenvalue weighted by Crippen LogP contribution is -2.31. The fourth-order valence-electron chi connectivity index (χ4n) is 1.67. The molecule has 2 rings (SSSR count). The topological polar surface area (TPSA) is 138 Å². The molecule has 0 saturated heterocycles. The van der Waals surface area contributed by atoms with E-state index in [4.69, 9.17) is 5.26 Å². The van der Waals surface area contributed by atoms with Crippen molar-refractivity contribution in [1.82, 2.24) is 14.8 Å². The van der Waals surface area contributed by atoms with Gasteiger partial charge < -0.3 is 0 Å². The summed E-state index contributed by atoms with van der Waals surface area (Å²) >= 11 is 0. The van der Waals surface area contributed by atoms with Crippen LogP contribution in [0, 0.1) is 17.1 Å². The van der Waals surface area contributed by atoms with E-state index >= 15 is 0 Å². The average Bonchev–Trinajstić information content (AvgIpc) is 2.49. The molecule has 120 valence electrons. The second-order valence-corrected chi connectivity index (χ2v) is 6.33. The van der Waals surface area contributed by atoms with E-state index < -0.39 is 32.8 Å². The quantitative estimate of drug-likeness (QED) is 0.784. The Morgan fingerprint density at radius 2 is 2.13 bits per heavy atom. The Labute approximate surface area is 129 Å². The summed E-state index contributed by atoms with van der Waals surface area (Å²) in [5, 5.41) is 12.5. The van der Waals surface area contributed by atoms with Gasteiger partial charge in [-0.1, -0.05) is 0 Å². The lowest BCUT2D eigenvalue weighted by atomic mass is 10.1. The van der Waals surface area contributed by atoms with Crippen LogP contribution in [0.5, 0.6) is 0 Å². The Bertz CT molecular complexity index is 1020. The Kier molecular flexibility index (Phi) is 4.28. The summed E-state index contributed by atoms with van der Waals surface area (Å²) < 4.78 is 40.0. The van der Waals surface area contributed by atoms with E-state index in [1.807, 2.05) is 4.98 Å². The zero-order valence-corrected chi connectivity index (χ0v) is 12.5. The van der Waals surface area contributed by atoms with Gasteiger partial charge >= 0.3 is 5.69 Å². The van der Waals surface area contributed by atoms with Crippen LogP contribution in [0.3, 0.4) is 0 Å². The molecule has 2 N–H and O–H groups in total. The molecule has 1 aromatic carbocycles. The maximum atomic E-state index is 14.1. The molecule has 0 saturated carbocycles. The number of aromatic nitrogens is 3. The van der Waals surface area contributed by atoms with Crippen molar-refractivity contribution >= 4 is 15.7 Å². The van der Waals surface area contributed by atoms with Crippen molar-refractivity contribution in [3.8, 4) is 11.8 Å². The van der Waals surface area contributed by atoms with Crippen molar-refractivity contribution in [3.05, 3.63) is 50.5 Å². The first-order valence-corrected chi connectivity index (χ1v) is 7.86. The third-order valence-electron chi connectivity index (χ3n) is 2.79. The van der Waals surface area contributed by atoms with E-state index in [0.29, 0.717) is 4.68 Å². The number of nitriles is 1. The maximum Gasteiger partial charge on any atom is 0.349 e. The predicted molar refractivity (Wildman–Crippen MR) is 78.2 cm³/mol. The Morgan fingerprint density at radius 3 is 2.70 bits per heavy atom. The summed E-state index contributed by atoms with van der Waals surface area (Å²) in [7, 11) is -3.72. The molecule has 2 aromatic rings. The van der Waals surface area contributed by atoms with Crippen LogP contribution in [0.15, 0.2) is 27.9 Å². The molecule has 0 aliphatic carbocycles. The van der Waals surface area contributed by atoms with E-state index in [1.54, 1.807) is 6.07 Å². The van der Waals surface area contributed by atoms with Crippen LogP contribution in [0.1, 0.15) is 12.5 Å². The van der Waals surface area contributed by atoms with Gasteiger partial charge in [-0.3, -0.25) is 14.5 Å². The van der Waals surface area contributed by atoms with E-state index in [-0.39, 0.29) is 17.0 Å². The van der Waals surface area contributed by atoms with Crippen molar-refractivity contribution in [2.24, 2.45) is 0 Å². The number of nitrogens with zero attached hydrogens (tertiary/aromatic N) is 3. The van der Waals surface area contributed by atoms with Gasteiger partial charge in [-0.05, 0) is 19.1 Å². The van der Waals surface area contributed by atoms with Gasteiger partial charge in [0.1, 0.15) is 18.0 Å². The first kappa shape index (κ1) is 16.4. The van der Waals surface area contributed by atoms with E-state index in [2.05, 4.69) is 9.82 Å². The van der Waals surface area contributed by atoms with Crippen LogP contribution in [-0.4, -0.2) is 28.9 Å². The number of hydrogen-bond acceptors (Lipinski definition) is 6. The van der Waals surface area contributed by atoms with E-state index in [9.17, 15) is 22.4 Å². The van der Waals surface area contributed by atoms with Crippen LogP contribution in [0.4, 0.5) is 10.1 Å². The zero-order chi connectivity index (χ0) is 17.2. The molecular weight excluding hydrogens is 329 g/mol. The number of benzene rings is 1. The maximum absolute atomic E-state index is 14.1. The first-order valence-electron chi connectivity index (χ1n) is 6.20. The Morgan fingerprint density at radius 1 is 1.43 bits per heavy atom. The summed E-state index contributed by atoms with van der Waals surface area (Å²) in [6.07, 6.45) is 0.759. The summed E-state index contributed by atoms with van der Waals surface area (Å²) in [4.78, 5) is 24.6. The van der Waals surface area contributed by atoms with Gasteiger partial charge in [-0.15, -0.1) is 0 Å². The summed E-state index contributed by atoms with van der Waals surface area (Å²) in [5.74, 6) is -1.25. The van der Waals surface area contributed by atoms with Gasteiger partial charge in [-0.2, -0.15) is 15.0 Å². The first-order chi connectivity index (χ1) is 10.8. The van der Waals surface area contributed by atoms with Crippen molar-refractivity contribution < 1.29 is 12.8 Å². The molecule has 1 heterocycles. The van der Waals surface area contributed by atoms with Gasteiger partial charge in [0.05, 0.1) is 17.0 Å². The third-order valence-corrected chi connectivity index (χ3v) is 4.09. The van der Waals surface area contributed by atoms with Crippen molar-refractivity contribution in [3.63, 3.8) is 0 Å². The standard InChI is InChI=1S/C12H10FN5O4S/c1-2-23(21,22)17-9-4-10(8(13)3-7(9)5-14)18-12(20)16-11(19)6-15-18/h3-4,6,17H,2H2,1H3,(H,16,19,20). The summed E-state index contributed by atoms with van der Waals surface area (Å²) in [5.41, 5.74) is -2.66. The minimum Gasteiger partial charge on any atom is -0.282 e. The molecule has 23 heavy (non-hydrogen) atoms. The Balaban J connectivity index is 2.69. The van der Waals surface area contributed by atoms with Crippen molar-refractivity contribution in [2.75, 3.05) is 10.5 Å². The number of rotatable bonds is 4. The van der Waals surface area contributed by atoms with E-state index in [0.717, 1.165) is 18.3 Å². The van der Waals surface area contributed by atoms with Crippen molar-refractivity contribution in [2.45, 2.75) is 6.92 Å². The van der Waals surface area contributed by atoms with Crippen molar-refractivity contribution in [1.29, 1.82) is 5.26 Å². The fourth-order valence-corrected chi connectivity index (χ4v) is 2.31. The minimum atomic E-state index is -3.72. The highest BCUT2D eigenvalue weighted by atomic mass is 32.2. The smallest absolute Gasteiger partial charge is 0.282 e. The number of hydrogen-bond donors (Lipinski definition) is 2. The summed E-state index contributed by atoms with van der Waals surface area (Å²) in [6.45, 7) is 1.38. The van der Waals surface area contributed by atoms with Gasteiger partial charge in [0.2, 0.25) is 10.0 Å². The number of H-pyrrole nitrogens is 1. The van der Waals surface area contributed by atoms with Gasteiger partial charge in [0.15, 0.2) is 5.82 Å². The number of anilines is 1. The number of nitrogens with one attached hydrogen (secondary N) is 2. The molecule has 9 nitrogen and oxygen atoms in total. The second kappa shape index (κ2) is 6.01. The molecular formula is C12H10FN5O4S. The predicted octanol–water partition coefficient (Wildman–Crippen LogP) is -0.307. The monoisotopic (exact) mass is 339 g/mol. The molecule has 0 spiro atoms. The highest BCUT2D eigenvalue weighted by Crippen LogP contribution is 2.23. The number of aromatic amines is 1. The van der Waals surface area contributed by atoms with Crippen LogP contribution >= 0.6 is 0 Å². The minimum absolute atomic E-state index is 0.203. The van der Waals surface area contributed by atoms with Gasteiger partial charge in [0.25, 0.3) is 5.56 Å². The normalized spacial score (nSPS) is 11.0. The molecule has 0 bridgehead atoms. The second-order valence-electron chi connectivity index (χ2n) is 4.32. The number of sulfonamides is 1. The van der Waals surface area contributed by atoms with E-state index in [1.165, 1.54) is 6.92 Å². The largest absolute Gasteiger partial charge is 0.349 e. The highest BCUT2D eigenvalue weighted by molar-refractivity contribution is 7.92. The molecule has 0 aliphatic heterocycles. The molecule has 0 unspecified atom stereocenters. The van der Waals surface area contributed by atoms with Gasteiger partial charge in [-0.25, -0.2) is 17.6 Å². The zero-order valence-electron chi connectivity index (χ0n) is 11.7. The molecule has 0 aliphatic rings. The SMILES string of the molecule is CCS(=O)(=O)Nc1cc(-n2ncc(=O)[nH]c2=O)c(F)cc1C#N. The number of halogens is 1. The molecule has 1 aromatic heterocycles. The molecule has 0 atom stereocenters. The average molecular weight is 339 g/mol. The molecule has 0 fully saturated rings. The lowest BCUT2D eigenvalue weighted by Gasteiger charge is -2.11. The summed E-state index contributed by atoms with van der Waals surface area (Å²) in [6, 6.07) is 3.37. The lowest BCUT2D eigenvalue weighted by molar-refractivity contribution is 0.598. The fraction of sp³-hybridized carbons (Fsp3) is 0.167. The van der Waals surface area contributed by atoms with Crippen LogP contribution in [-0.2, 0) is 10.0 Å². The third kappa shape index (κ3) is 3.43. The van der Waals surface area contributed by atoms with Crippen LogP contribution < -0.4 is 16.0 Å². The highest BCUT2D eigenvalue weighted by Gasteiger charge is 2.17. The molecule has 11 heteroatoms. The van der Waals surface area contributed by atoms with Crippen LogP contribution in [0.25, 0.3) is 5.69 Å². The molecule has 0 radical (unpaired) electrons. The van der Waals surface area contributed by atoms with Crippen LogP contribution in [0.2, 0.25) is 0 Å². The van der Waals surface area contributed by atoms with Gasteiger partial charge in [0, 0.05) is 0 Å².